The highest BCUT2D eigenvalue weighted by Gasteiger charge is 2.24. The molecule has 0 saturated carbocycles. The molecule has 16 heavy (non-hydrogen) atoms. The van der Waals surface area contributed by atoms with E-state index in [0.29, 0.717) is 10.0 Å². The molecule has 1 aliphatic heterocycles. The molecule has 0 bridgehead atoms. The highest BCUT2D eigenvalue weighted by molar-refractivity contribution is 9.10. The van der Waals surface area contributed by atoms with Gasteiger partial charge in [0.1, 0.15) is 0 Å². The van der Waals surface area contributed by atoms with E-state index in [1.807, 2.05) is 6.07 Å². The lowest BCUT2D eigenvalue weighted by Gasteiger charge is -2.11. The Morgan fingerprint density at radius 2 is 2.12 bits per heavy atom. The minimum atomic E-state index is 0.0426. The quantitative estimate of drug-likeness (QED) is 0.728. The van der Waals surface area contributed by atoms with Crippen molar-refractivity contribution < 1.29 is 0 Å². The first-order valence-corrected chi connectivity index (χ1v) is 6.57. The van der Waals surface area contributed by atoms with Crippen molar-refractivity contribution in [1.82, 2.24) is 4.57 Å². The molecule has 5 heteroatoms. The summed E-state index contributed by atoms with van der Waals surface area (Å²) in [4.78, 5) is 0. The third-order valence-electron chi connectivity index (χ3n) is 3.07. The van der Waals surface area contributed by atoms with E-state index in [4.69, 9.17) is 28.9 Å². The number of rotatable bonds is 0. The van der Waals surface area contributed by atoms with E-state index in [1.54, 1.807) is 0 Å². The van der Waals surface area contributed by atoms with Gasteiger partial charge in [-0.15, -0.1) is 0 Å². The SMILES string of the molecule is N[C@@H]1CCc2cc3c(Cl)c(Cl)cc(Br)c3n21. The molecular formula is C11H9BrCl2N2. The summed E-state index contributed by atoms with van der Waals surface area (Å²) < 4.78 is 3.09. The van der Waals surface area contributed by atoms with E-state index in [2.05, 4.69) is 26.6 Å². The molecule has 0 fully saturated rings. The van der Waals surface area contributed by atoms with E-state index in [-0.39, 0.29) is 6.17 Å². The Morgan fingerprint density at radius 3 is 2.88 bits per heavy atom. The average Bonchev–Trinajstić information content (AvgIpc) is 2.76. The Kier molecular flexibility index (Phi) is 2.48. The number of fused-ring (bicyclic) bond motifs is 3. The van der Waals surface area contributed by atoms with Gasteiger partial charge in [-0.25, -0.2) is 0 Å². The largest absolute Gasteiger partial charge is 0.328 e. The zero-order valence-corrected chi connectivity index (χ0v) is 11.4. The van der Waals surface area contributed by atoms with Crippen molar-refractivity contribution in [1.29, 1.82) is 0 Å². The molecule has 0 saturated heterocycles. The second-order valence-corrected chi connectivity index (χ2v) is 5.67. The zero-order chi connectivity index (χ0) is 11.4. The van der Waals surface area contributed by atoms with E-state index in [0.717, 1.165) is 28.2 Å². The molecule has 0 unspecified atom stereocenters. The molecular weight excluding hydrogens is 311 g/mol. The van der Waals surface area contributed by atoms with Crippen molar-refractivity contribution in [3.8, 4) is 0 Å². The van der Waals surface area contributed by atoms with Gasteiger partial charge in [0.25, 0.3) is 0 Å². The second kappa shape index (κ2) is 3.64. The summed E-state index contributed by atoms with van der Waals surface area (Å²) in [5, 5.41) is 2.15. The van der Waals surface area contributed by atoms with Crippen molar-refractivity contribution in [2.24, 2.45) is 5.73 Å². The highest BCUT2D eigenvalue weighted by atomic mass is 79.9. The van der Waals surface area contributed by atoms with Gasteiger partial charge in [0.05, 0.1) is 21.7 Å². The van der Waals surface area contributed by atoms with Crippen LogP contribution in [-0.2, 0) is 6.42 Å². The number of hydrogen-bond donors (Lipinski definition) is 1. The number of halogens is 3. The van der Waals surface area contributed by atoms with Crippen LogP contribution in [-0.4, -0.2) is 4.57 Å². The first-order chi connectivity index (χ1) is 7.59. The summed E-state index contributed by atoms with van der Waals surface area (Å²) in [6, 6.07) is 3.91. The van der Waals surface area contributed by atoms with Gasteiger partial charge in [0.2, 0.25) is 0 Å². The van der Waals surface area contributed by atoms with Crippen molar-refractivity contribution in [3.05, 3.63) is 32.3 Å². The zero-order valence-electron chi connectivity index (χ0n) is 8.30. The van der Waals surface area contributed by atoms with Gasteiger partial charge in [0, 0.05) is 15.6 Å². The predicted molar refractivity (Wildman–Crippen MR) is 71.2 cm³/mol. The Morgan fingerprint density at radius 1 is 1.38 bits per heavy atom. The maximum Gasteiger partial charge on any atom is 0.0821 e. The fourth-order valence-electron chi connectivity index (χ4n) is 2.36. The minimum absolute atomic E-state index is 0.0426. The normalized spacial score (nSPS) is 19.4. The van der Waals surface area contributed by atoms with E-state index < -0.39 is 0 Å². The Bertz CT molecular complexity index is 591. The summed E-state index contributed by atoms with van der Waals surface area (Å²) in [7, 11) is 0. The molecule has 2 N–H and O–H groups in total. The summed E-state index contributed by atoms with van der Waals surface area (Å²) in [6.07, 6.45) is 2.02. The molecule has 1 aromatic heterocycles. The van der Waals surface area contributed by atoms with Gasteiger partial charge < -0.3 is 10.3 Å². The monoisotopic (exact) mass is 318 g/mol. The second-order valence-electron chi connectivity index (χ2n) is 4.03. The molecule has 1 aromatic carbocycles. The smallest absolute Gasteiger partial charge is 0.0821 e. The van der Waals surface area contributed by atoms with Crippen LogP contribution in [0.2, 0.25) is 10.0 Å². The Labute approximate surface area is 111 Å². The summed E-state index contributed by atoms with van der Waals surface area (Å²) in [5.41, 5.74) is 8.36. The van der Waals surface area contributed by atoms with Crippen LogP contribution in [0.4, 0.5) is 0 Å². The van der Waals surface area contributed by atoms with Crippen LogP contribution >= 0.6 is 39.1 Å². The van der Waals surface area contributed by atoms with Crippen molar-refractivity contribution in [2.45, 2.75) is 19.0 Å². The van der Waals surface area contributed by atoms with E-state index in [9.17, 15) is 0 Å². The predicted octanol–water partition coefficient (Wildman–Crippen LogP) is 4.11. The van der Waals surface area contributed by atoms with Crippen LogP contribution in [0.15, 0.2) is 16.6 Å². The lowest BCUT2D eigenvalue weighted by atomic mass is 10.2. The van der Waals surface area contributed by atoms with Gasteiger partial charge in [-0.3, -0.25) is 0 Å². The van der Waals surface area contributed by atoms with Crippen molar-refractivity contribution >= 4 is 50.0 Å². The molecule has 2 aromatic rings. The summed E-state index contributed by atoms with van der Waals surface area (Å²) >= 11 is 15.8. The molecule has 2 nitrogen and oxygen atoms in total. The summed E-state index contributed by atoms with van der Waals surface area (Å²) in [5.74, 6) is 0. The molecule has 0 amide bonds. The average molecular weight is 320 g/mol. The molecule has 84 valence electrons. The van der Waals surface area contributed by atoms with Gasteiger partial charge in [-0.05, 0) is 40.9 Å². The van der Waals surface area contributed by atoms with Crippen LogP contribution in [0.5, 0.6) is 0 Å². The Hall–Kier alpha value is -0.220. The fraction of sp³-hybridized carbons (Fsp3) is 0.273. The van der Waals surface area contributed by atoms with Crippen LogP contribution in [0.1, 0.15) is 18.3 Å². The van der Waals surface area contributed by atoms with Crippen LogP contribution < -0.4 is 5.73 Å². The third-order valence-corrected chi connectivity index (χ3v) is 4.48. The standard InChI is InChI=1S/C11H9BrCl2N2/c12-7-4-8(13)10(14)6-3-5-1-2-9(15)16(5)11(6)7/h3-4,9H,1-2,15H2/t9-/m0/s1. The maximum atomic E-state index is 6.21. The van der Waals surface area contributed by atoms with Gasteiger partial charge in [0.15, 0.2) is 0 Å². The molecule has 1 atom stereocenters. The molecule has 1 aliphatic rings. The molecule has 0 aliphatic carbocycles. The summed E-state index contributed by atoms with van der Waals surface area (Å²) in [6.45, 7) is 0. The molecule has 0 spiro atoms. The lowest BCUT2D eigenvalue weighted by Crippen LogP contribution is -2.13. The number of aryl methyl sites for hydroxylation is 1. The van der Waals surface area contributed by atoms with E-state index in [1.165, 1.54) is 5.69 Å². The van der Waals surface area contributed by atoms with Crippen LogP contribution in [0, 0.1) is 0 Å². The Balaban J connectivity index is 2.46. The van der Waals surface area contributed by atoms with Crippen molar-refractivity contribution in [2.75, 3.05) is 0 Å². The number of nitrogens with zero attached hydrogens (tertiary/aromatic N) is 1. The number of benzene rings is 1. The van der Waals surface area contributed by atoms with Gasteiger partial charge in [-0.1, -0.05) is 23.2 Å². The van der Waals surface area contributed by atoms with Gasteiger partial charge in [-0.2, -0.15) is 0 Å². The van der Waals surface area contributed by atoms with Crippen molar-refractivity contribution in [3.63, 3.8) is 0 Å². The van der Waals surface area contributed by atoms with Crippen LogP contribution in [0.3, 0.4) is 0 Å². The molecule has 3 rings (SSSR count). The number of aromatic nitrogens is 1. The van der Waals surface area contributed by atoms with Gasteiger partial charge >= 0.3 is 0 Å². The molecule has 0 radical (unpaired) electrons. The van der Waals surface area contributed by atoms with Crippen LogP contribution in [0.25, 0.3) is 10.9 Å². The lowest BCUT2D eigenvalue weighted by molar-refractivity contribution is 0.566. The number of nitrogens with two attached hydrogens (primary N) is 1. The maximum absolute atomic E-state index is 6.21. The highest BCUT2D eigenvalue weighted by Crippen LogP contribution is 2.41. The number of hydrogen-bond acceptors (Lipinski definition) is 1. The topological polar surface area (TPSA) is 30.9 Å². The molecule has 2 heterocycles. The first-order valence-electron chi connectivity index (χ1n) is 5.02. The first kappa shape index (κ1) is 10.9. The fourth-order valence-corrected chi connectivity index (χ4v) is 3.53. The van der Waals surface area contributed by atoms with E-state index >= 15 is 0 Å². The third kappa shape index (κ3) is 1.35. The minimum Gasteiger partial charge on any atom is -0.328 e.